The Labute approximate surface area is 112 Å². The van der Waals surface area contributed by atoms with Crippen LogP contribution in [0.4, 0.5) is 0 Å². The van der Waals surface area contributed by atoms with E-state index in [4.69, 9.17) is 23.2 Å². The second-order valence-corrected chi connectivity index (χ2v) is 5.69. The molecule has 94 valence electrons. The summed E-state index contributed by atoms with van der Waals surface area (Å²) in [6.45, 7) is 6.79. The van der Waals surface area contributed by atoms with Gasteiger partial charge in [0.2, 0.25) is 0 Å². The highest BCUT2D eigenvalue weighted by Gasteiger charge is 2.24. The third-order valence-corrected chi connectivity index (χ3v) is 3.97. The quantitative estimate of drug-likeness (QED) is 0.848. The largest absolute Gasteiger partial charge is 0.301 e. The maximum atomic E-state index is 5.93. The molecule has 1 aliphatic rings. The summed E-state index contributed by atoms with van der Waals surface area (Å²) in [6, 6.07) is 2.45. The lowest BCUT2D eigenvalue weighted by molar-refractivity contribution is 0.264. The van der Waals surface area contributed by atoms with Crippen LogP contribution in [0.5, 0.6) is 0 Å². The minimum Gasteiger partial charge on any atom is -0.301 e. The summed E-state index contributed by atoms with van der Waals surface area (Å²) in [5.74, 6) is 0.656. The fourth-order valence-corrected chi connectivity index (χ4v) is 2.54. The Kier molecular flexibility index (Phi) is 4.23. The molecule has 0 amide bonds. The van der Waals surface area contributed by atoms with Crippen molar-refractivity contribution >= 4 is 23.2 Å². The first-order valence-corrected chi connectivity index (χ1v) is 6.73. The van der Waals surface area contributed by atoms with Crippen molar-refractivity contribution in [1.82, 2.24) is 15.1 Å². The maximum absolute atomic E-state index is 5.93. The highest BCUT2D eigenvalue weighted by atomic mass is 35.5. The van der Waals surface area contributed by atoms with E-state index >= 15 is 0 Å². The number of aromatic nitrogens is 2. The summed E-state index contributed by atoms with van der Waals surface area (Å²) in [6.07, 6.45) is 2.16. The third-order valence-electron chi connectivity index (χ3n) is 3.30. The second kappa shape index (κ2) is 5.51. The lowest BCUT2D eigenvalue weighted by Gasteiger charge is -2.20. The van der Waals surface area contributed by atoms with Gasteiger partial charge in [-0.15, -0.1) is 5.10 Å². The van der Waals surface area contributed by atoms with Crippen LogP contribution < -0.4 is 0 Å². The molecule has 5 heteroatoms. The molecule has 1 aromatic heterocycles. The molecule has 0 aliphatic carbocycles. The van der Waals surface area contributed by atoms with Gasteiger partial charge in [0.1, 0.15) is 0 Å². The van der Waals surface area contributed by atoms with E-state index in [1.807, 2.05) is 6.07 Å². The van der Waals surface area contributed by atoms with Gasteiger partial charge in [-0.1, -0.05) is 23.2 Å². The van der Waals surface area contributed by atoms with Crippen molar-refractivity contribution in [2.24, 2.45) is 5.92 Å². The van der Waals surface area contributed by atoms with Crippen molar-refractivity contribution in [3.63, 3.8) is 0 Å². The van der Waals surface area contributed by atoms with Crippen LogP contribution in [0.3, 0.4) is 0 Å². The number of likely N-dealkylation sites (tertiary alicyclic amines) is 1. The summed E-state index contributed by atoms with van der Waals surface area (Å²) < 4.78 is 0. The van der Waals surface area contributed by atoms with Gasteiger partial charge in [0.15, 0.2) is 5.15 Å². The van der Waals surface area contributed by atoms with Crippen LogP contribution in [-0.4, -0.2) is 34.2 Å². The third kappa shape index (κ3) is 3.30. The average molecular weight is 274 g/mol. The summed E-state index contributed by atoms with van der Waals surface area (Å²) in [5, 5.41) is 8.71. The van der Waals surface area contributed by atoms with Crippen LogP contribution in [0.2, 0.25) is 10.2 Å². The molecule has 1 fully saturated rings. The Morgan fingerprint density at radius 1 is 1.41 bits per heavy atom. The van der Waals surface area contributed by atoms with Gasteiger partial charge >= 0.3 is 0 Å². The molecule has 0 spiro atoms. The van der Waals surface area contributed by atoms with Gasteiger partial charge in [0, 0.05) is 12.6 Å². The van der Waals surface area contributed by atoms with E-state index in [1.54, 1.807) is 0 Å². The van der Waals surface area contributed by atoms with E-state index < -0.39 is 0 Å². The maximum Gasteiger partial charge on any atom is 0.170 e. The zero-order chi connectivity index (χ0) is 12.4. The number of nitrogens with zero attached hydrogens (tertiary/aromatic N) is 3. The Morgan fingerprint density at radius 2 is 2.18 bits per heavy atom. The molecule has 0 radical (unpaired) electrons. The highest BCUT2D eigenvalue weighted by Crippen LogP contribution is 2.24. The highest BCUT2D eigenvalue weighted by molar-refractivity contribution is 6.41. The normalized spacial score (nSPS) is 21.4. The molecular formula is C12H17Cl2N3. The van der Waals surface area contributed by atoms with Crippen molar-refractivity contribution < 1.29 is 0 Å². The summed E-state index contributed by atoms with van der Waals surface area (Å²) in [5.41, 5.74) is 0.940. The standard InChI is InChI=1S/C12H17Cl2N3/c1-8(2)17-4-3-9(7-17)5-10-6-11(13)12(14)16-15-10/h6,8-9H,3-5,7H2,1-2H3. The van der Waals surface area contributed by atoms with Crippen LogP contribution in [0, 0.1) is 5.92 Å². The molecule has 1 atom stereocenters. The topological polar surface area (TPSA) is 29.0 Å². The molecule has 0 saturated carbocycles. The minimum atomic E-state index is 0.283. The SMILES string of the molecule is CC(C)N1CCC(Cc2cc(Cl)c(Cl)nn2)C1. The molecule has 0 bridgehead atoms. The molecular weight excluding hydrogens is 257 g/mol. The van der Waals surface area contributed by atoms with Crippen LogP contribution in [-0.2, 0) is 6.42 Å². The zero-order valence-electron chi connectivity index (χ0n) is 10.2. The van der Waals surface area contributed by atoms with Crippen molar-refractivity contribution in [1.29, 1.82) is 0 Å². The first kappa shape index (κ1) is 13.1. The van der Waals surface area contributed by atoms with E-state index in [2.05, 4.69) is 28.9 Å². The molecule has 1 unspecified atom stereocenters. The average Bonchev–Trinajstić information content (AvgIpc) is 2.72. The fraction of sp³-hybridized carbons (Fsp3) is 0.667. The second-order valence-electron chi connectivity index (χ2n) is 4.92. The molecule has 0 N–H and O–H groups in total. The Hall–Kier alpha value is -0.380. The Balaban J connectivity index is 1.96. The number of rotatable bonds is 3. The van der Waals surface area contributed by atoms with Gasteiger partial charge in [0.25, 0.3) is 0 Å². The van der Waals surface area contributed by atoms with Gasteiger partial charge in [-0.25, -0.2) is 0 Å². The van der Waals surface area contributed by atoms with E-state index in [1.165, 1.54) is 13.0 Å². The van der Waals surface area contributed by atoms with Gasteiger partial charge in [-0.05, 0) is 45.2 Å². The van der Waals surface area contributed by atoms with Gasteiger partial charge < -0.3 is 4.90 Å². The van der Waals surface area contributed by atoms with E-state index in [0.717, 1.165) is 18.7 Å². The fourth-order valence-electron chi connectivity index (χ4n) is 2.28. The molecule has 2 rings (SSSR count). The monoisotopic (exact) mass is 273 g/mol. The van der Waals surface area contributed by atoms with Gasteiger partial charge in [-0.2, -0.15) is 5.10 Å². The van der Waals surface area contributed by atoms with Crippen LogP contribution >= 0.6 is 23.2 Å². The summed E-state index contributed by atoms with van der Waals surface area (Å²) in [7, 11) is 0. The molecule has 2 heterocycles. The van der Waals surface area contributed by atoms with Crippen molar-refractivity contribution in [3.05, 3.63) is 21.9 Å². The van der Waals surface area contributed by atoms with Gasteiger partial charge in [-0.3, -0.25) is 0 Å². The minimum absolute atomic E-state index is 0.283. The zero-order valence-corrected chi connectivity index (χ0v) is 11.7. The molecule has 1 aliphatic heterocycles. The first-order valence-electron chi connectivity index (χ1n) is 5.98. The number of hydrogen-bond acceptors (Lipinski definition) is 3. The van der Waals surface area contributed by atoms with Crippen molar-refractivity contribution in [2.45, 2.75) is 32.7 Å². The molecule has 1 aromatic rings. The predicted octanol–water partition coefficient (Wildman–Crippen LogP) is 3.06. The molecule has 3 nitrogen and oxygen atoms in total. The van der Waals surface area contributed by atoms with Crippen LogP contribution in [0.25, 0.3) is 0 Å². The number of hydrogen-bond donors (Lipinski definition) is 0. The van der Waals surface area contributed by atoms with Crippen molar-refractivity contribution in [2.75, 3.05) is 13.1 Å². The van der Waals surface area contributed by atoms with E-state index in [9.17, 15) is 0 Å². The Bertz CT molecular complexity index is 395. The molecule has 0 aromatic carbocycles. The molecule has 1 saturated heterocycles. The van der Waals surface area contributed by atoms with Gasteiger partial charge in [0.05, 0.1) is 10.7 Å². The van der Waals surface area contributed by atoms with E-state index in [0.29, 0.717) is 17.0 Å². The van der Waals surface area contributed by atoms with Crippen LogP contribution in [0.15, 0.2) is 6.07 Å². The lowest BCUT2D eigenvalue weighted by Crippen LogP contribution is -2.28. The first-order chi connectivity index (χ1) is 8.06. The lowest BCUT2D eigenvalue weighted by atomic mass is 10.0. The smallest absolute Gasteiger partial charge is 0.170 e. The van der Waals surface area contributed by atoms with E-state index in [-0.39, 0.29) is 5.15 Å². The summed E-state index contributed by atoms with van der Waals surface area (Å²) in [4.78, 5) is 2.50. The molecule has 17 heavy (non-hydrogen) atoms. The summed E-state index contributed by atoms with van der Waals surface area (Å²) >= 11 is 11.7. The van der Waals surface area contributed by atoms with Crippen molar-refractivity contribution in [3.8, 4) is 0 Å². The Morgan fingerprint density at radius 3 is 2.76 bits per heavy atom. The van der Waals surface area contributed by atoms with Crippen LogP contribution in [0.1, 0.15) is 26.0 Å². The predicted molar refractivity (Wildman–Crippen MR) is 70.6 cm³/mol. The number of halogens is 2.